The smallest absolute Gasteiger partial charge is 0.234 e. The lowest BCUT2D eigenvalue weighted by molar-refractivity contribution is -0.123. The Labute approximate surface area is 104 Å². The van der Waals surface area contributed by atoms with Crippen LogP contribution in [0.3, 0.4) is 0 Å². The number of nitrogens with one attached hydrogen (secondary N) is 1. The van der Waals surface area contributed by atoms with Crippen molar-refractivity contribution in [3.05, 3.63) is 0 Å². The van der Waals surface area contributed by atoms with Crippen LogP contribution in [0.4, 0.5) is 0 Å². The van der Waals surface area contributed by atoms with E-state index in [0.29, 0.717) is 12.6 Å². The van der Waals surface area contributed by atoms with Crippen LogP contribution in [0.25, 0.3) is 0 Å². The second-order valence-corrected chi connectivity index (χ2v) is 5.44. The quantitative estimate of drug-likeness (QED) is 0.718. The Morgan fingerprint density at radius 1 is 1.29 bits per heavy atom. The number of carbonyl (C=O) groups is 1. The third kappa shape index (κ3) is 4.28. The highest BCUT2D eigenvalue weighted by atomic mass is 16.2. The molecule has 1 amide bonds. The lowest BCUT2D eigenvalue weighted by Crippen LogP contribution is -2.46. The molecule has 1 unspecified atom stereocenters. The number of rotatable bonds is 6. The first kappa shape index (κ1) is 12.8. The van der Waals surface area contributed by atoms with E-state index in [2.05, 4.69) is 10.2 Å². The SMILES string of the molecule is NCCC1CCCCN1CC(=O)NCC1CC1. The Bertz CT molecular complexity index is 251. The Balaban J connectivity index is 1.71. The maximum Gasteiger partial charge on any atom is 0.234 e. The summed E-state index contributed by atoms with van der Waals surface area (Å²) in [6.07, 6.45) is 7.31. The van der Waals surface area contributed by atoms with Crippen molar-refractivity contribution in [2.24, 2.45) is 11.7 Å². The minimum Gasteiger partial charge on any atom is -0.355 e. The van der Waals surface area contributed by atoms with Crippen LogP contribution in [0.1, 0.15) is 38.5 Å². The van der Waals surface area contributed by atoms with Gasteiger partial charge in [-0.2, -0.15) is 0 Å². The number of nitrogens with zero attached hydrogens (tertiary/aromatic N) is 1. The molecule has 3 N–H and O–H groups in total. The molecular formula is C13H25N3O. The van der Waals surface area contributed by atoms with Crippen LogP contribution in [-0.2, 0) is 4.79 Å². The van der Waals surface area contributed by atoms with Crippen molar-refractivity contribution in [1.29, 1.82) is 0 Å². The summed E-state index contributed by atoms with van der Waals surface area (Å²) >= 11 is 0. The summed E-state index contributed by atoms with van der Waals surface area (Å²) in [6.45, 7) is 3.23. The van der Waals surface area contributed by atoms with E-state index in [9.17, 15) is 4.79 Å². The summed E-state index contributed by atoms with van der Waals surface area (Å²) in [5, 5.41) is 3.04. The van der Waals surface area contributed by atoms with Crippen LogP contribution < -0.4 is 11.1 Å². The lowest BCUT2D eigenvalue weighted by atomic mass is 9.99. The molecule has 0 aromatic heterocycles. The van der Waals surface area contributed by atoms with Gasteiger partial charge >= 0.3 is 0 Å². The number of likely N-dealkylation sites (tertiary alicyclic amines) is 1. The summed E-state index contributed by atoms with van der Waals surface area (Å²) in [4.78, 5) is 14.1. The van der Waals surface area contributed by atoms with Gasteiger partial charge in [0.1, 0.15) is 0 Å². The van der Waals surface area contributed by atoms with Gasteiger partial charge in [-0.3, -0.25) is 9.69 Å². The van der Waals surface area contributed by atoms with Crippen molar-refractivity contribution in [2.45, 2.75) is 44.6 Å². The molecule has 0 bridgehead atoms. The zero-order chi connectivity index (χ0) is 12.1. The summed E-state index contributed by atoms with van der Waals surface area (Å²) in [5.41, 5.74) is 5.63. The topological polar surface area (TPSA) is 58.4 Å². The molecule has 0 aromatic carbocycles. The average Bonchev–Trinajstić information content (AvgIpc) is 3.13. The summed E-state index contributed by atoms with van der Waals surface area (Å²) in [6, 6.07) is 0.528. The van der Waals surface area contributed by atoms with E-state index < -0.39 is 0 Å². The molecule has 1 aliphatic heterocycles. The fourth-order valence-corrected chi connectivity index (χ4v) is 2.61. The molecule has 1 aliphatic carbocycles. The van der Waals surface area contributed by atoms with Crippen molar-refractivity contribution >= 4 is 5.91 Å². The van der Waals surface area contributed by atoms with E-state index in [-0.39, 0.29) is 5.91 Å². The molecule has 4 nitrogen and oxygen atoms in total. The molecule has 17 heavy (non-hydrogen) atoms. The zero-order valence-corrected chi connectivity index (χ0v) is 10.7. The van der Waals surface area contributed by atoms with Crippen LogP contribution in [0.2, 0.25) is 0 Å². The molecule has 4 heteroatoms. The minimum atomic E-state index is 0.195. The number of piperidine rings is 1. The standard InChI is InChI=1S/C13H25N3O/c14-7-6-12-3-1-2-8-16(12)10-13(17)15-9-11-4-5-11/h11-12H,1-10,14H2,(H,15,17). The van der Waals surface area contributed by atoms with E-state index >= 15 is 0 Å². The van der Waals surface area contributed by atoms with Gasteiger partial charge in [-0.05, 0) is 51.1 Å². The van der Waals surface area contributed by atoms with Crippen LogP contribution >= 0.6 is 0 Å². The first-order chi connectivity index (χ1) is 8.29. The van der Waals surface area contributed by atoms with Crippen molar-refractivity contribution < 1.29 is 4.79 Å². The Morgan fingerprint density at radius 3 is 2.82 bits per heavy atom. The second-order valence-electron chi connectivity index (χ2n) is 5.44. The summed E-state index contributed by atoms with van der Waals surface area (Å²) < 4.78 is 0. The molecular weight excluding hydrogens is 214 g/mol. The predicted molar refractivity (Wildman–Crippen MR) is 68.6 cm³/mol. The first-order valence-corrected chi connectivity index (χ1v) is 7.00. The van der Waals surface area contributed by atoms with Crippen molar-refractivity contribution in [2.75, 3.05) is 26.2 Å². The van der Waals surface area contributed by atoms with Crippen molar-refractivity contribution in [3.8, 4) is 0 Å². The fourth-order valence-electron chi connectivity index (χ4n) is 2.61. The van der Waals surface area contributed by atoms with E-state index in [1.807, 2.05) is 0 Å². The monoisotopic (exact) mass is 239 g/mol. The highest BCUT2D eigenvalue weighted by molar-refractivity contribution is 5.78. The van der Waals surface area contributed by atoms with Gasteiger partial charge in [0.2, 0.25) is 5.91 Å². The molecule has 98 valence electrons. The van der Waals surface area contributed by atoms with Crippen molar-refractivity contribution in [1.82, 2.24) is 10.2 Å². The van der Waals surface area contributed by atoms with Crippen LogP contribution in [0, 0.1) is 5.92 Å². The van der Waals surface area contributed by atoms with E-state index in [1.54, 1.807) is 0 Å². The Hall–Kier alpha value is -0.610. The van der Waals surface area contributed by atoms with Gasteiger partial charge in [-0.25, -0.2) is 0 Å². The van der Waals surface area contributed by atoms with Crippen LogP contribution in [0.15, 0.2) is 0 Å². The number of amides is 1. The predicted octanol–water partition coefficient (Wildman–Crippen LogP) is 0.716. The van der Waals surface area contributed by atoms with Crippen molar-refractivity contribution in [3.63, 3.8) is 0 Å². The normalized spacial score (nSPS) is 25.8. The largest absolute Gasteiger partial charge is 0.355 e. The molecule has 0 aromatic rings. The van der Waals surface area contributed by atoms with Gasteiger partial charge in [-0.15, -0.1) is 0 Å². The number of hydrogen-bond acceptors (Lipinski definition) is 3. The first-order valence-electron chi connectivity index (χ1n) is 7.00. The molecule has 1 saturated carbocycles. The number of carbonyl (C=O) groups excluding carboxylic acids is 1. The number of hydrogen-bond donors (Lipinski definition) is 2. The third-order valence-corrected chi connectivity index (χ3v) is 3.88. The van der Waals surface area contributed by atoms with Crippen LogP contribution in [0.5, 0.6) is 0 Å². The molecule has 0 radical (unpaired) electrons. The number of nitrogens with two attached hydrogens (primary N) is 1. The summed E-state index contributed by atoms with van der Waals surface area (Å²) in [7, 11) is 0. The van der Waals surface area contributed by atoms with Gasteiger partial charge in [0.25, 0.3) is 0 Å². The maximum atomic E-state index is 11.8. The van der Waals surface area contributed by atoms with Gasteiger partial charge in [0, 0.05) is 12.6 Å². The molecule has 0 spiro atoms. The molecule has 2 aliphatic rings. The van der Waals surface area contributed by atoms with E-state index in [0.717, 1.165) is 32.0 Å². The molecule has 1 heterocycles. The third-order valence-electron chi connectivity index (χ3n) is 3.88. The Kier molecular flexibility index (Phi) is 4.80. The average molecular weight is 239 g/mol. The summed E-state index contributed by atoms with van der Waals surface area (Å²) in [5.74, 6) is 0.959. The van der Waals surface area contributed by atoms with E-state index in [1.165, 1.54) is 32.1 Å². The molecule has 2 fully saturated rings. The fraction of sp³-hybridized carbons (Fsp3) is 0.923. The maximum absolute atomic E-state index is 11.8. The molecule has 2 rings (SSSR count). The molecule has 1 atom stereocenters. The zero-order valence-electron chi connectivity index (χ0n) is 10.7. The van der Waals surface area contributed by atoms with E-state index in [4.69, 9.17) is 5.73 Å². The van der Waals surface area contributed by atoms with Gasteiger partial charge < -0.3 is 11.1 Å². The van der Waals surface area contributed by atoms with Gasteiger partial charge in [-0.1, -0.05) is 6.42 Å². The highest BCUT2D eigenvalue weighted by Gasteiger charge is 2.25. The lowest BCUT2D eigenvalue weighted by Gasteiger charge is -2.35. The Morgan fingerprint density at radius 2 is 2.12 bits per heavy atom. The second kappa shape index (κ2) is 6.36. The minimum absolute atomic E-state index is 0.195. The molecule has 1 saturated heterocycles. The van der Waals surface area contributed by atoms with Gasteiger partial charge in [0.15, 0.2) is 0 Å². The van der Waals surface area contributed by atoms with Gasteiger partial charge in [0.05, 0.1) is 6.54 Å². The highest BCUT2D eigenvalue weighted by Crippen LogP contribution is 2.27. The van der Waals surface area contributed by atoms with Crippen LogP contribution in [-0.4, -0.2) is 43.0 Å².